The molecule has 2 aromatic heterocycles. The van der Waals surface area contributed by atoms with Gasteiger partial charge in [0.2, 0.25) is 0 Å². The second-order valence-corrected chi connectivity index (χ2v) is 7.76. The van der Waals surface area contributed by atoms with Crippen molar-refractivity contribution in [2.45, 2.75) is 26.9 Å². The van der Waals surface area contributed by atoms with Gasteiger partial charge in [-0.15, -0.1) is 0 Å². The molecule has 1 aliphatic heterocycles. The molecule has 1 aliphatic rings. The number of benzene rings is 1. The number of amides is 1. The molecule has 3 heterocycles. The van der Waals surface area contributed by atoms with Crippen LogP contribution < -0.4 is 10.2 Å². The molecule has 4 rings (SSSR count). The van der Waals surface area contributed by atoms with Gasteiger partial charge in [0.15, 0.2) is 0 Å². The van der Waals surface area contributed by atoms with Crippen molar-refractivity contribution in [3.05, 3.63) is 82.7 Å². The Balaban J connectivity index is 1.69. The van der Waals surface area contributed by atoms with Gasteiger partial charge in [-0.05, 0) is 49.2 Å². The van der Waals surface area contributed by atoms with Gasteiger partial charge in [0.05, 0.1) is 18.9 Å². The quantitative estimate of drug-likeness (QED) is 0.661. The number of aromatic nitrogens is 2. The molecular formula is C24H27FN4O2. The first kappa shape index (κ1) is 21.1. The third-order valence-corrected chi connectivity index (χ3v) is 5.70. The molecule has 0 bridgehead atoms. The minimum Gasteiger partial charge on any atom is -0.378 e. The van der Waals surface area contributed by atoms with Crippen LogP contribution in [0.4, 0.5) is 10.1 Å². The van der Waals surface area contributed by atoms with E-state index in [1.807, 2.05) is 36.6 Å². The largest absolute Gasteiger partial charge is 0.378 e. The van der Waals surface area contributed by atoms with E-state index in [0.717, 1.165) is 41.2 Å². The Morgan fingerprint density at radius 1 is 1.13 bits per heavy atom. The maximum absolute atomic E-state index is 13.8. The Hall–Kier alpha value is -3.19. The molecule has 0 spiro atoms. The fraction of sp³-hybridized carbons (Fsp3) is 0.333. The normalized spacial score (nSPS) is 14.0. The van der Waals surface area contributed by atoms with Crippen molar-refractivity contribution in [1.29, 1.82) is 0 Å². The Bertz CT molecular complexity index is 1060. The predicted octanol–water partition coefficient (Wildman–Crippen LogP) is 3.45. The second-order valence-electron chi connectivity index (χ2n) is 7.76. The lowest BCUT2D eigenvalue weighted by atomic mass is 10.1. The summed E-state index contributed by atoms with van der Waals surface area (Å²) in [7, 11) is 0. The lowest BCUT2D eigenvalue weighted by Crippen LogP contribution is -2.36. The van der Waals surface area contributed by atoms with E-state index in [0.29, 0.717) is 32.0 Å². The number of carbonyl (C=O) groups is 1. The van der Waals surface area contributed by atoms with Crippen molar-refractivity contribution < 1.29 is 13.9 Å². The van der Waals surface area contributed by atoms with Crippen LogP contribution in [0.25, 0.3) is 0 Å². The zero-order valence-corrected chi connectivity index (χ0v) is 17.9. The van der Waals surface area contributed by atoms with Crippen LogP contribution in [0.3, 0.4) is 0 Å². The van der Waals surface area contributed by atoms with Crippen LogP contribution in [-0.2, 0) is 17.8 Å². The molecule has 0 saturated carbocycles. The van der Waals surface area contributed by atoms with Crippen LogP contribution in [0.2, 0.25) is 0 Å². The summed E-state index contributed by atoms with van der Waals surface area (Å²) in [5.41, 5.74) is 5.40. The Morgan fingerprint density at radius 3 is 2.58 bits per heavy atom. The number of nitrogens with zero attached hydrogens (tertiary/aromatic N) is 3. The number of nitrogens with one attached hydrogen (secondary N) is 1. The summed E-state index contributed by atoms with van der Waals surface area (Å²) in [6.07, 6.45) is 3.42. The molecule has 7 heteroatoms. The van der Waals surface area contributed by atoms with Crippen LogP contribution in [-0.4, -0.2) is 41.8 Å². The van der Waals surface area contributed by atoms with Crippen LogP contribution >= 0.6 is 0 Å². The highest BCUT2D eigenvalue weighted by molar-refractivity contribution is 5.96. The predicted molar refractivity (Wildman–Crippen MR) is 118 cm³/mol. The van der Waals surface area contributed by atoms with E-state index in [1.165, 1.54) is 12.1 Å². The fourth-order valence-corrected chi connectivity index (χ4v) is 4.21. The minimum atomic E-state index is -0.281. The Kier molecular flexibility index (Phi) is 6.32. The number of hydrogen-bond acceptors (Lipinski definition) is 4. The first-order valence-electron chi connectivity index (χ1n) is 10.5. The summed E-state index contributed by atoms with van der Waals surface area (Å²) in [4.78, 5) is 19.6. The molecule has 0 atom stereocenters. The molecule has 0 radical (unpaired) electrons. The van der Waals surface area contributed by atoms with Gasteiger partial charge in [0, 0.05) is 49.8 Å². The highest BCUT2D eigenvalue weighted by Gasteiger charge is 2.26. The second kappa shape index (κ2) is 9.31. The molecule has 162 valence electrons. The average Bonchev–Trinajstić information content (AvgIpc) is 3.03. The molecular weight excluding hydrogens is 395 g/mol. The average molecular weight is 423 g/mol. The van der Waals surface area contributed by atoms with Gasteiger partial charge in [-0.1, -0.05) is 12.1 Å². The van der Waals surface area contributed by atoms with Crippen molar-refractivity contribution in [2.75, 3.05) is 31.2 Å². The van der Waals surface area contributed by atoms with Crippen LogP contribution in [0, 0.1) is 19.7 Å². The summed E-state index contributed by atoms with van der Waals surface area (Å²) in [5.74, 6) is -0.426. The minimum absolute atomic E-state index is 0.145. The standard InChI is InChI=1S/C24H27FN4O2/c1-17-22(28-10-12-31-13-11-28)18(2)29(16-20-4-3-5-21(25)14-20)23(17)24(30)27-15-19-6-8-26-9-7-19/h3-9,14H,10-13,15-16H2,1-2H3,(H,27,30). The van der Waals surface area contributed by atoms with E-state index in [-0.39, 0.29) is 11.7 Å². The number of hydrogen-bond donors (Lipinski definition) is 1. The van der Waals surface area contributed by atoms with E-state index in [4.69, 9.17) is 4.74 Å². The molecule has 31 heavy (non-hydrogen) atoms. The van der Waals surface area contributed by atoms with E-state index in [9.17, 15) is 9.18 Å². The number of halogens is 1. The molecule has 6 nitrogen and oxygen atoms in total. The molecule has 1 fully saturated rings. The zero-order valence-electron chi connectivity index (χ0n) is 17.9. The summed E-state index contributed by atoms with van der Waals surface area (Å²) in [5, 5.41) is 3.03. The van der Waals surface area contributed by atoms with Gasteiger partial charge in [-0.25, -0.2) is 4.39 Å². The van der Waals surface area contributed by atoms with Crippen LogP contribution in [0.1, 0.15) is 32.9 Å². The first-order chi connectivity index (χ1) is 15.0. The SMILES string of the molecule is Cc1c(N2CCOCC2)c(C)n(Cc2cccc(F)c2)c1C(=O)NCc1ccncc1. The highest BCUT2D eigenvalue weighted by atomic mass is 19.1. The number of rotatable bonds is 6. The first-order valence-corrected chi connectivity index (χ1v) is 10.5. The van der Waals surface area contributed by atoms with E-state index < -0.39 is 0 Å². The fourth-order valence-electron chi connectivity index (χ4n) is 4.21. The molecule has 3 aromatic rings. The molecule has 0 aliphatic carbocycles. The molecule has 1 aromatic carbocycles. The van der Waals surface area contributed by atoms with Crippen molar-refractivity contribution in [1.82, 2.24) is 14.9 Å². The summed E-state index contributed by atoms with van der Waals surface area (Å²) in [6, 6.07) is 10.3. The maximum atomic E-state index is 13.8. The van der Waals surface area contributed by atoms with Gasteiger partial charge >= 0.3 is 0 Å². The number of morpholine rings is 1. The Labute approximate surface area is 181 Å². The molecule has 1 saturated heterocycles. The smallest absolute Gasteiger partial charge is 0.268 e. The van der Waals surface area contributed by atoms with E-state index in [1.54, 1.807) is 18.5 Å². The van der Waals surface area contributed by atoms with Gasteiger partial charge in [-0.2, -0.15) is 0 Å². The van der Waals surface area contributed by atoms with Gasteiger partial charge in [0.25, 0.3) is 5.91 Å². The summed E-state index contributed by atoms with van der Waals surface area (Å²) in [6.45, 7) is 7.74. The third-order valence-electron chi connectivity index (χ3n) is 5.70. The van der Waals surface area contributed by atoms with Gasteiger partial charge in [-0.3, -0.25) is 9.78 Å². The number of carbonyl (C=O) groups excluding carboxylic acids is 1. The number of pyridine rings is 1. The summed E-state index contributed by atoms with van der Waals surface area (Å²) < 4.78 is 21.3. The van der Waals surface area contributed by atoms with Crippen molar-refractivity contribution in [3.63, 3.8) is 0 Å². The van der Waals surface area contributed by atoms with E-state index in [2.05, 4.69) is 15.2 Å². The molecule has 1 N–H and O–H groups in total. The highest BCUT2D eigenvalue weighted by Crippen LogP contribution is 2.32. The Morgan fingerprint density at radius 2 is 1.87 bits per heavy atom. The third kappa shape index (κ3) is 4.61. The van der Waals surface area contributed by atoms with E-state index >= 15 is 0 Å². The van der Waals surface area contributed by atoms with Crippen LogP contribution in [0.5, 0.6) is 0 Å². The van der Waals surface area contributed by atoms with Gasteiger partial charge in [0.1, 0.15) is 11.5 Å². The molecule has 0 unspecified atom stereocenters. The summed E-state index contributed by atoms with van der Waals surface area (Å²) >= 11 is 0. The maximum Gasteiger partial charge on any atom is 0.268 e. The number of ether oxygens (including phenoxy) is 1. The number of anilines is 1. The van der Waals surface area contributed by atoms with Crippen molar-refractivity contribution in [3.8, 4) is 0 Å². The van der Waals surface area contributed by atoms with Crippen molar-refractivity contribution >= 4 is 11.6 Å². The molecule has 1 amide bonds. The van der Waals surface area contributed by atoms with Gasteiger partial charge < -0.3 is 19.5 Å². The lowest BCUT2D eigenvalue weighted by molar-refractivity contribution is 0.0941. The lowest BCUT2D eigenvalue weighted by Gasteiger charge is -2.29. The van der Waals surface area contributed by atoms with Crippen molar-refractivity contribution in [2.24, 2.45) is 0 Å². The monoisotopic (exact) mass is 422 g/mol. The van der Waals surface area contributed by atoms with Crippen LogP contribution in [0.15, 0.2) is 48.8 Å². The zero-order chi connectivity index (χ0) is 21.8. The topological polar surface area (TPSA) is 59.4 Å².